The highest BCUT2D eigenvalue weighted by Crippen LogP contribution is 2.54. The fraction of sp³-hybridized carbons (Fsp3) is 1.00. The Bertz CT molecular complexity index is 237. The van der Waals surface area contributed by atoms with Crippen LogP contribution in [-0.2, 0) is 0 Å². The van der Waals surface area contributed by atoms with Gasteiger partial charge in [-0.05, 0) is 48.6 Å². The molecule has 1 heterocycles. The van der Waals surface area contributed by atoms with E-state index in [9.17, 15) is 0 Å². The second-order valence-corrected chi connectivity index (χ2v) is 7.65. The summed E-state index contributed by atoms with van der Waals surface area (Å²) in [6, 6.07) is 0. The fourth-order valence-corrected chi connectivity index (χ4v) is 4.25. The van der Waals surface area contributed by atoms with Gasteiger partial charge in [0, 0.05) is 0 Å². The van der Waals surface area contributed by atoms with E-state index in [1.807, 2.05) is 0 Å². The average molecular weight is 237 g/mol. The molecule has 1 N–H and O–H groups in total. The van der Waals surface area contributed by atoms with Crippen LogP contribution in [0.25, 0.3) is 0 Å². The summed E-state index contributed by atoms with van der Waals surface area (Å²) in [7, 11) is 0. The zero-order valence-electron chi connectivity index (χ0n) is 12.3. The van der Waals surface area contributed by atoms with Crippen LogP contribution in [0.4, 0.5) is 0 Å². The van der Waals surface area contributed by atoms with E-state index in [0.29, 0.717) is 10.8 Å². The zero-order valence-corrected chi connectivity index (χ0v) is 12.3. The van der Waals surface area contributed by atoms with Gasteiger partial charge >= 0.3 is 0 Å². The van der Waals surface area contributed by atoms with Crippen molar-refractivity contribution in [1.29, 1.82) is 0 Å². The van der Waals surface area contributed by atoms with Gasteiger partial charge in [0.05, 0.1) is 0 Å². The Hall–Kier alpha value is -0.0400. The molecule has 1 aliphatic heterocycles. The van der Waals surface area contributed by atoms with Crippen molar-refractivity contribution in [2.75, 3.05) is 13.1 Å². The van der Waals surface area contributed by atoms with Gasteiger partial charge in [0.1, 0.15) is 0 Å². The summed E-state index contributed by atoms with van der Waals surface area (Å²) >= 11 is 0. The molecule has 0 spiro atoms. The Morgan fingerprint density at radius 3 is 1.88 bits per heavy atom. The lowest BCUT2D eigenvalue weighted by Gasteiger charge is -2.55. The SMILES string of the molecule is CC1CCCC(C2CNC2)(C(C)(C)C)CCC1. The van der Waals surface area contributed by atoms with Crippen LogP contribution in [-0.4, -0.2) is 13.1 Å². The quantitative estimate of drug-likeness (QED) is 0.719. The third-order valence-corrected chi connectivity index (χ3v) is 5.70. The highest BCUT2D eigenvalue weighted by atomic mass is 15.0. The van der Waals surface area contributed by atoms with Crippen LogP contribution in [0.3, 0.4) is 0 Å². The van der Waals surface area contributed by atoms with Gasteiger partial charge < -0.3 is 5.32 Å². The fourth-order valence-electron chi connectivity index (χ4n) is 4.25. The number of rotatable bonds is 1. The molecule has 2 aliphatic rings. The maximum atomic E-state index is 3.50. The number of hydrogen-bond donors (Lipinski definition) is 1. The van der Waals surface area contributed by atoms with Crippen molar-refractivity contribution in [1.82, 2.24) is 5.32 Å². The minimum Gasteiger partial charge on any atom is -0.316 e. The standard InChI is InChI=1S/C16H31N/c1-13-7-5-9-16(10-6-8-13,15(2,3)4)14-11-17-12-14/h13-14,17H,5-12H2,1-4H3. The lowest BCUT2D eigenvalue weighted by Crippen LogP contribution is -2.56. The molecule has 1 saturated heterocycles. The molecule has 0 aromatic carbocycles. The van der Waals surface area contributed by atoms with Gasteiger partial charge in [-0.25, -0.2) is 0 Å². The van der Waals surface area contributed by atoms with E-state index in [1.165, 1.54) is 51.6 Å². The monoisotopic (exact) mass is 237 g/mol. The summed E-state index contributed by atoms with van der Waals surface area (Å²) in [6.07, 6.45) is 8.75. The van der Waals surface area contributed by atoms with Crippen molar-refractivity contribution < 1.29 is 0 Å². The van der Waals surface area contributed by atoms with Crippen LogP contribution >= 0.6 is 0 Å². The van der Waals surface area contributed by atoms with Crippen molar-refractivity contribution in [2.45, 2.75) is 66.2 Å². The highest BCUT2D eigenvalue weighted by molar-refractivity contribution is 5.00. The van der Waals surface area contributed by atoms with E-state index in [0.717, 1.165) is 11.8 Å². The van der Waals surface area contributed by atoms with Gasteiger partial charge in [-0.2, -0.15) is 0 Å². The Balaban J connectivity index is 2.14. The van der Waals surface area contributed by atoms with Crippen LogP contribution in [0.15, 0.2) is 0 Å². The molecule has 0 atom stereocenters. The predicted octanol–water partition coefficient (Wildman–Crippen LogP) is 4.23. The van der Waals surface area contributed by atoms with Crippen LogP contribution in [0.2, 0.25) is 0 Å². The summed E-state index contributed by atoms with van der Waals surface area (Å²) < 4.78 is 0. The maximum Gasteiger partial charge on any atom is -0.000272 e. The molecule has 100 valence electrons. The smallest absolute Gasteiger partial charge is 0.000272 e. The van der Waals surface area contributed by atoms with Gasteiger partial charge in [-0.15, -0.1) is 0 Å². The van der Waals surface area contributed by atoms with E-state index >= 15 is 0 Å². The van der Waals surface area contributed by atoms with Gasteiger partial charge in [-0.3, -0.25) is 0 Å². The molecular weight excluding hydrogens is 206 g/mol. The summed E-state index contributed by atoms with van der Waals surface area (Å²) in [6.45, 7) is 12.4. The summed E-state index contributed by atoms with van der Waals surface area (Å²) in [5.41, 5.74) is 1.08. The molecule has 0 unspecified atom stereocenters. The minimum atomic E-state index is 0.473. The van der Waals surface area contributed by atoms with Gasteiger partial charge in [0.15, 0.2) is 0 Å². The van der Waals surface area contributed by atoms with Crippen molar-refractivity contribution in [2.24, 2.45) is 22.7 Å². The topological polar surface area (TPSA) is 12.0 Å². The number of nitrogens with one attached hydrogen (secondary N) is 1. The first kappa shape index (κ1) is 13.4. The van der Waals surface area contributed by atoms with Crippen LogP contribution in [0.5, 0.6) is 0 Å². The van der Waals surface area contributed by atoms with E-state index in [2.05, 4.69) is 33.0 Å². The summed E-state index contributed by atoms with van der Waals surface area (Å²) in [5, 5.41) is 3.50. The second-order valence-electron chi connectivity index (χ2n) is 7.65. The Morgan fingerprint density at radius 2 is 1.53 bits per heavy atom. The van der Waals surface area contributed by atoms with Gasteiger partial charge in [0.2, 0.25) is 0 Å². The largest absolute Gasteiger partial charge is 0.316 e. The van der Waals surface area contributed by atoms with Gasteiger partial charge in [0.25, 0.3) is 0 Å². The zero-order chi connectivity index (χ0) is 12.5. The van der Waals surface area contributed by atoms with Crippen molar-refractivity contribution in [3.05, 3.63) is 0 Å². The molecule has 17 heavy (non-hydrogen) atoms. The molecule has 1 heteroatoms. The summed E-state index contributed by atoms with van der Waals surface area (Å²) in [5.74, 6) is 1.91. The van der Waals surface area contributed by atoms with Crippen molar-refractivity contribution in [3.63, 3.8) is 0 Å². The highest BCUT2D eigenvalue weighted by Gasteiger charge is 2.49. The van der Waals surface area contributed by atoms with E-state index < -0.39 is 0 Å². The Kier molecular flexibility index (Phi) is 3.87. The lowest BCUT2D eigenvalue weighted by atomic mass is 9.53. The average Bonchev–Trinajstić information content (AvgIpc) is 2.08. The van der Waals surface area contributed by atoms with E-state index in [-0.39, 0.29) is 0 Å². The van der Waals surface area contributed by atoms with Crippen LogP contribution in [0.1, 0.15) is 66.2 Å². The molecule has 0 aromatic heterocycles. The first-order valence-electron chi connectivity index (χ1n) is 7.66. The minimum absolute atomic E-state index is 0.473. The number of hydrogen-bond acceptors (Lipinski definition) is 1. The first-order valence-corrected chi connectivity index (χ1v) is 7.66. The maximum absolute atomic E-state index is 3.50. The Labute approximate surface area is 108 Å². The molecule has 1 saturated carbocycles. The molecule has 0 amide bonds. The molecule has 1 aliphatic carbocycles. The van der Waals surface area contributed by atoms with E-state index in [1.54, 1.807) is 0 Å². The molecule has 2 fully saturated rings. The molecule has 0 radical (unpaired) electrons. The predicted molar refractivity (Wildman–Crippen MR) is 75.1 cm³/mol. The Morgan fingerprint density at radius 1 is 1.00 bits per heavy atom. The van der Waals surface area contributed by atoms with Gasteiger partial charge in [-0.1, -0.05) is 53.4 Å². The van der Waals surface area contributed by atoms with E-state index in [4.69, 9.17) is 0 Å². The third-order valence-electron chi connectivity index (χ3n) is 5.70. The summed E-state index contributed by atoms with van der Waals surface area (Å²) in [4.78, 5) is 0. The molecule has 1 nitrogen and oxygen atoms in total. The van der Waals surface area contributed by atoms with Crippen molar-refractivity contribution >= 4 is 0 Å². The normalized spacial score (nSPS) is 37.1. The van der Waals surface area contributed by atoms with Crippen molar-refractivity contribution in [3.8, 4) is 0 Å². The third kappa shape index (κ3) is 2.54. The lowest BCUT2D eigenvalue weighted by molar-refractivity contribution is -0.0378. The van der Waals surface area contributed by atoms with Crippen LogP contribution in [0, 0.1) is 22.7 Å². The molecule has 0 aromatic rings. The first-order chi connectivity index (χ1) is 7.96. The molecule has 0 bridgehead atoms. The molecule has 2 rings (SSSR count). The second kappa shape index (κ2) is 4.91. The van der Waals surface area contributed by atoms with Crippen LogP contribution < -0.4 is 5.32 Å². The molecular formula is C16H31N.